The van der Waals surface area contributed by atoms with Crippen molar-refractivity contribution in [3.05, 3.63) is 0 Å². The lowest BCUT2D eigenvalue weighted by molar-refractivity contribution is -0.146. The zero-order valence-electron chi connectivity index (χ0n) is 29.7. The Morgan fingerprint density at radius 1 is 0.733 bits per heavy atom. The molecule has 45 heavy (non-hydrogen) atoms. The summed E-state index contributed by atoms with van der Waals surface area (Å²) in [5, 5.41) is 8.22. The number of unbranched alkanes of at least 4 members (excludes halogenated alkanes) is 14. The number of carbonyl (C=O) groups excluding carboxylic acids is 4. The lowest BCUT2D eigenvalue weighted by atomic mass is 10.0. The minimum Gasteiger partial charge on any atom is -0.463 e. The van der Waals surface area contributed by atoms with Gasteiger partial charge in [0.25, 0.3) is 0 Å². The van der Waals surface area contributed by atoms with E-state index in [-0.39, 0.29) is 43.4 Å². The maximum Gasteiger partial charge on any atom is 0.306 e. The molecular formula is C36H69N3O6. The Kier molecular flexibility index (Phi) is 27.9. The molecule has 0 saturated carbocycles. The summed E-state index contributed by atoms with van der Waals surface area (Å²) in [6, 6.07) is -0.525. The van der Waals surface area contributed by atoms with Crippen LogP contribution in [0, 0.1) is 5.92 Å². The van der Waals surface area contributed by atoms with Gasteiger partial charge in [-0.25, -0.2) is 0 Å². The van der Waals surface area contributed by atoms with Gasteiger partial charge in [0.1, 0.15) is 6.61 Å². The van der Waals surface area contributed by atoms with Crippen molar-refractivity contribution in [2.24, 2.45) is 5.92 Å². The molecule has 1 unspecified atom stereocenters. The van der Waals surface area contributed by atoms with Crippen molar-refractivity contribution in [3.8, 4) is 0 Å². The van der Waals surface area contributed by atoms with Crippen LogP contribution in [-0.4, -0.2) is 62.1 Å². The van der Waals surface area contributed by atoms with E-state index in [4.69, 9.17) is 9.47 Å². The molecule has 0 aromatic heterocycles. The molecule has 0 saturated heterocycles. The predicted octanol–water partition coefficient (Wildman–Crippen LogP) is 7.15. The molecule has 1 atom stereocenters. The first kappa shape index (κ1) is 42.8. The molecular weight excluding hydrogens is 570 g/mol. The summed E-state index contributed by atoms with van der Waals surface area (Å²) >= 11 is 0. The summed E-state index contributed by atoms with van der Waals surface area (Å²) in [5.41, 5.74) is -0.330. The summed E-state index contributed by atoms with van der Waals surface area (Å²) in [7, 11) is 0. The van der Waals surface area contributed by atoms with Crippen LogP contribution in [0.25, 0.3) is 0 Å². The molecule has 0 aliphatic heterocycles. The first-order valence-electron chi connectivity index (χ1n) is 18.1. The number of hydrogen-bond donors (Lipinski definition) is 3. The van der Waals surface area contributed by atoms with Gasteiger partial charge in [0, 0.05) is 32.5 Å². The average Bonchev–Trinajstić information content (AvgIpc) is 2.99. The van der Waals surface area contributed by atoms with E-state index in [0.717, 1.165) is 25.7 Å². The molecule has 9 heteroatoms. The molecule has 0 radical (unpaired) electrons. The van der Waals surface area contributed by atoms with E-state index < -0.39 is 12.0 Å². The predicted molar refractivity (Wildman–Crippen MR) is 183 cm³/mol. The van der Waals surface area contributed by atoms with Gasteiger partial charge in [0.05, 0.1) is 18.1 Å². The molecule has 0 aromatic rings. The number of rotatable bonds is 32. The molecule has 0 fully saturated rings. The Labute approximate surface area is 275 Å². The lowest BCUT2D eigenvalue weighted by Gasteiger charge is -2.26. The fourth-order valence-electron chi connectivity index (χ4n) is 4.96. The monoisotopic (exact) mass is 640 g/mol. The van der Waals surface area contributed by atoms with Gasteiger partial charge in [-0.2, -0.15) is 0 Å². The summed E-state index contributed by atoms with van der Waals surface area (Å²) in [6.45, 7) is 11.8. The van der Waals surface area contributed by atoms with Gasteiger partial charge in [-0.15, -0.1) is 0 Å². The van der Waals surface area contributed by atoms with Crippen molar-refractivity contribution in [1.29, 1.82) is 0 Å². The van der Waals surface area contributed by atoms with Gasteiger partial charge in [0.15, 0.2) is 0 Å². The van der Waals surface area contributed by atoms with Crippen LogP contribution in [-0.2, 0) is 28.7 Å². The zero-order valence-corrected chi connectivity index (χ0v) is 29.7. The molecule has 0 aliphatic rings. The number of carbonyl (C=O) groups is 4. The molecule has 0 aromatic carbocycles. The van der Waals surface area contributed by atoms with E-state index in [1.807, 2.05) is 13.8 Å². The van der Waals surface area contributed by atoms with Crippen LogP contribution in [0.5, 0.6) is 0 Å². The summed E-state index contributed by atoms with van der Waals surface area (Å²) in [6.07, 6.45) is 21.8. The second kappa shape index (κ2) is 29.3. The van der Waals surface area contributed by atoms with E-state index in [1.165, 1.54) is 77.0 Å². The van der Waals surface area contributed by atoms with Gasteiger partial charge in [-0.05, 0) is 39.0 Å². The molecule has 0 rings (SSSR count). The van der Waals surface area contributed by atoms with Crippen LogP contribution < -0.4 is 16.0 Å². The smallest absolute Gasteiger partial charge is 0.306 e. The van der Waals surface area contributed by atoms with E-state index in [1.54, 1.807) is 0 Å². The molecule has 0 bridgehead atoms. The SMILES string of the molecule is CCCCCCCCCCCCCCCCCC(=O)NCC(COC(=O)CCC(=O)NCCC(C)(C)OCCC(C)C)NC=O. The highest BCUT2D eigenvalue weighted by Gasteiger charge is 2.19. The normalized spacial score (nSPS) is 12.1. The average molecular weight is 640 g/mol. The van der Waals surface area contributed by atoms with Crippen LogP contribution in [0.4, 0.5) is 0 Å². The molecule has 9 nitrogen and oxygen atoms in total. The molecule has 3 N–H and O–H groups in total. The summed E-state index contributed by atoms with van der Waals surface area (Å²) in [4.78, 5) is 47.5. The second-order valence-corrected chi connectivity index (χ2v) is 13.6. The molecule has 264 valence electrons. The number of amides is 3. The van der Waals surface area contributed by atoms with Gasteiger partial charge in [-0.3, -0.25) is 19.2 Å². The minimum atomic E-state index is -0.525. The van der Waals surface area contributed by atoms with E-state index in [9.17, 15) is 19.2 Å². The number of hydrogen-bond acceptors (Lipinski definition) is 6. The van der Waals surface area contributed by atoms with E-state index in [2.05, 4.69) is 36.7 Å². The van der Waals surface area contributed by atoms with Gasteiger partial charge >= 0.3 is 5.97 Å². The fraction of sp³-hybridized carbons (Fsp3) is 0.889. The highest BCUT2D eigenvalue weighted by atomic mass is 16.5. The molecule has 0 aliphatic carbocycles. The Morgan fingerprint density at radius 2 is 1.27 bits per heavy atom. The van der Waals surface area contributed by atoms with Crippen molar-refractivity contribution < 1.29 is 28.7 Å². The van der Waals surface area contributed by atoms with Crippen LogP contribution in [0.15, 0.2) is 0 Å². The largest absolute Gasteiger partial charge is 0.463 e. The van der Waals surface area contributed by atoms with Crippen molar-refractivity contribution in [2.45, 2.75) is 175 Å². The standard InChI is InChI=1S/C36H69N3O6/c1-6-7-8-9-10-11-12-13-14-15-16-17-18-19-20-21-33(41)38-28-32(39-30-40)29-44-35(43)23-22-34(42)37-26-25-36(4,5)45-27-24-31(2)3/h30-32H,6-29H2,1-5H3,(H,37,42)(H,38,41)(H,39,40). The van der Waals surface area contributed by atoms with Crippen LogP contribution in [0.2, 0.25) is 0 Å². The fourth-order valence-corrected chi connectivity index (χ4v) is 4.96. The van der Waals surface area contributed by atoms with Crippen LogP contribution in [0.1, 0.15) is 163 Å². The number of ether oxygens (including phenoxy) is 2. The van der Waals surface area contributed by atoms with Gasteiger partial charge in [0.2, 0.25) is 18.2 Å². The number of nitrogens with one attached hydrogen (secondary N) is 3. The van der Waals surface area contributed by atoms with Gasteiger partial charge < -0.3 is 25.4 Å². The van der Waals surface area contributed by atoms with Gasteiger partial charge in [-0.1, -0.05) is 111 Å². The molecule has 3 amide bonds. The Bertz CT molecular complexity index is 759. The first-order chi connectivity index (χ1) is 21.6. The number of esters is 1. The Morgan fingerprint density at radius 3 is 1.80 bits per heavy atom. The van der Waals surface area contributed by atoms with Crippen molar-refractivity contribution >= 4 is 24.2 Å². The summed E-state index contributed by atoms with van der Waals surface area (Å²) < 4.78 is 11.1. The van der Waals surface area contributed by atoms with Crippen LogP contribution in [0.3, 0.4) is 0 Å². The molecule has 0 heterocycles. The minimum absolute atomic E-state index is 0.0231. The van der Waals surface area contributed by atoms with E-state index >= 15 is 0 Å². The van der Waals surface area contributed by atoms with Crippen LogP contribution >= 0.6 is 0 Å². The lowest BCUT2D eigenvalue weighted by Crippen LogP contribution is -2.43. The quantitative estimate of drug-likeness (QED) is 0.0408. The van der Waals surface area contributed by atoms with Crippen molar-refractivity contribution in [2.75, 3.05) is 26.3 Å². The first-order valence-corrected chi connectivity index (χ1v) is 18.1. The summed E-state index contributed by atoms with van der Waals surface area (Å²) in [5.74, 6) is -0.237. The second-order valence-electron chi connectivity index (χ2n) is 13.6. The topological polar surface area (TPSA) is 123 Å². The third-order valence-electron chi connectivity index (χ3n) is 8.10. The highest BCUT2D eigenvalue weighted by Crippen LogP contribution is 2.16. The Hall–Kier alpha value is -2.16. The van der Waals surface area contributed by atoms with Crippen molar-refractivity contribution in [3.63, 3.8) is 0 Å². The zero-order chi connectivity index (χ0) is 33.6. The molecule has 0 spiro atoms. The Balaban J connectivity index is 3.86. The maximum atomic E-state index is 12.2. The third-order valence-corrected chi connectivity index (χ3v) is 8.10. The maximum absolute atomic E-state index is 12.2. The van der Waals surface area contributed by atoms with E-state index in [0.29, 0.717) is 38.3 Å². The third kappa shape index (κ3) is 30.3. The highest BCUT2D eigenvalue weighted by molar-refractivity contribution is 5.81. The van der Waals surface area contributed by atoms with Crippen molar-refractivity contribution in [1.82, 2.24) is 16.0 Å².